The summed E-state index contributed by atoms with van der Waals surface area (Å²) >= 11 is 1.75. The number of rotatable bonds is 9. The molecule has 166 valence electrons. The van der Waals surface area contributed by atoms with E-state index in [2.05, 4.69) is 46.7 Å². The number of nitrogens with zero attached hydrogens (tertiary/aromatic N) is 2. The normalized spacial score (nSPS) is 12.1. The molecular weight excluding hydrogens is 509 g/mol. The van der Waals surface area contributed by atoms with Crippen molar-refractivity contribution in [2.75, 3.05) is 13.1 Å². The summed E-state index contributed by atoms with van der Waals surface area (Å²) in [4.78, 5) is 22.7. The van der Waals surface area contributed by atoms with E-state index < -0.39 is 0 Å². The second-order valence-electron chi connectivity index (χ2n) is 7.10. The highest BCUT2D eigenvalue weighted by molar-refractivity contribution is 14.0. The van der Waals surface area contributed by atoms with Crippen LogP contribution in [0.15, 0.2) is 29.3 Å². The molecule has 2 aromatic rings. The lowest BCUT2D eigenvalue weighted by atomic mass is 10.1. The summed E-state index contributed by atoms with van der Waals surface area (Å²) in [7, 11) is 0. The molecule has 1 aromatic carbocycles. The van der Waals surface area contributed by atoms with E-state index >= 15 is 0 Å². The highest BCUT2D eigenvalue weighted by Crippen LogP contribution is 2.16. The molecule has 1 amide bonds. The Morgan fingerprint density at radius 2 is 1.87 bits per heavy atom. The summed E-state index contributed by atoms with van der Waals surface area (Å²) in [6.45, 7) is 12.4. The lowest BCUT2D eigenvalue weighted by Crippen LogP contribution is -2.38. The minimum absolute atomic E-state index is 0. The monoisotopic (exact) mass is 543 g/mol. The van der Waals surface area contributed by atoms with E-state index in [0.29, 0.717) is 12.1 Å². The van der Waals surface area contributed by atoms with Gasteiger partial charge >= 0.3 is 0 Å². The standard InChI is InChI=1S/C22H33N5OS.HI/c1-6-15(3)26-21(28)19-10-8-18(9-11-19)14-25-22(23-7-2)24-13-12-20-27-16(4)17(5)29-20;/h8-11,15H,6-7,12-14H2,1-5H3,(H,26,28)(H2,23,24,25);1H. The fraction of sp³-hybridized carbons (Fsp3) is 0.500. The van der Waals surface area contributed by atoms with Crippen LogP contribution in [0.5, 0.6) is 0 Å². The van der Waals surface area contributed by atoms with Crippen LogP contribution in [0, 0.1) is 13.8 Å². The van der Waals surface area contributed by atoms with Crippen molar-refractivity contribution < 1.29 is 4.79 Å². The van der Waals surface area contributed by atoms with Crippen LogP contribution < -0.4 is 16.0 Å². The molecular formula is C22H34IN5OS. The molecule has 0 saturated heterocycles. The predicted molar refractivity (Wildman–Crippen MR) is 137 cm³/mol. The van der Waals surface area contributed by atoms with E-state index in [1.807, 2.05) is 38.1 Å². The van der Waals surface area contributed by atoms with E-state index in [1.165, 1.54) is 4.88 Å². The fourth-order valence-electron chi connectivity index (χ4n) is 2.62. The Balaban J connectivity index is 0.00000450. The Bertz CT molecular complexity index is 800. The second-order valence-corrected chi connectivity index (χ2v) is 8.39. The van der Waals surface area contributed by atoms with Crippen molar-refractivity contribution in [1.82, 2.24) is 20.9 Å². The molecule has 0 aliphatic rings. The average Bonchev–Trinajstić information content (AvgIpc) is 3.03. The molecule has 2 rings (SSSR count). The van der Waals surface area contributed by atoms with E-state index in [4.69, 9.17) is 0 Å². The van der Waals surface area contributed by atoms with Crippen LogP contribution in [0.25, 0.3) is 0 Å². The van der Waals surface area contributed by atoms with Gasteiger partial charge in [0, 0.05) is 36.0 Å². The van der Waals surface area contributed by atoms with Gasteiger partial charge in [-0.1, -0.05) is 19.1 Å². The molecule has 30 heavy (non-hydrogen) atoms. The van der Waals surface area contributed by atoms with Crippen LogP contribution in [0.1, 0.15) is 58.7 Å². The van der Waals surface area contributed by atoms with E-state index in [1.54, 1.807) is 11.3 Å². The highest BCUT2D eigenvalue weighted by Gasteiger charge is 2.08. The molecule has 0 aliphatic heterocycles. The Labute approximate surface area is 201 Å². The molecule has 0 fully saturated rings. The van der Waals surface area contributed by atoms with Crippen molar-refractivity contribution in [2.45, 2.75) is 60.0 Å². The van der Waals surface area contributed by atoms with Gasteiger partial charge in [0.1, 0.15) is 0 Å². The van der Waals surface area contributed by atoms with Gasteiger partial charge in [0.2, 0.25) is 0 Å². The first-order valence-electron chi connectivity index (χ1n) is 10.3. The van der Waals surface area contributed by atoms with Crippen molar-refractivity contribution in [3.63, 3.8) is 0 Å². The number of carbonyl (C=O) groups excluding carboxylic acids is 1. The number of aryl methyl sites for hydroxylation is 2. The zero-order valence-corrected chi connectivity index (χ0v) is 21.7. The lowest BCUT2D eigenvalue weighted by Gasteiger charge is -2.12. The maximum absolute atomic E-state index is 12.2. The molecule has 0 bridgehead atoms. The van der Waals surface area contributed by atoms with Gasteiger partial charge in [-0.3, -0.25) is 4.79 Å². The van der Waals surface area contributed by atoms with Gasteiger partial charge < -0.3 is 16.0 Å². The van der Waals surface area contributed by atoms with Crippen molar-refractivity contribution in [2.24, 2.45) is 4.99 Å². The van der Waals surface area contributed by atoms with Crippen LogP contribution >= 0.6 is 35.3 Å². The SMILES string of the molecule is CCNC(=NCc1ccc(C(=O)NC(C)CC)cc1)NCCc1nc(C)c(C)s1.I. The molecule has 0 saturated carbocycles. The quantitative estimate of drug-likeness (QED) is 0.252. The van der Waals surface area contributed by atoms with Gasteiger partial charge in [-0.05, 0) is 51.8 Å². The molecule has 8 heteroatoms. The third-order valence-corrected chi connectivity index (χ3v) is 5.81. The Morgan fingerprint density at radius 3 is 2.43 bits per heavy atom. The summed E-state index contributed by atoms with van der Waals surface area (Å²) in [5.41, 5.74) is 2.86. The first kappa shape index (κ1) is 26.4. The minimum atomic E-state index is -0.0305. The maximum atomic E-state index is 12.2. The van der Waals surface area contributed by atoms with Gasteiger partial charge in [-0.25, -0.2) is 9.98 Å². The average molecular weight is 544 g/mol. The number of hydrogen-bond donors (Lipinski definition) is 3. The maximum Gasteiger partial charge on any atom is 0.251 e. The molecule has 1 aromatic heterocycles. The molecule has 1 heterocycles. The Hall–Kier alpha value is -1.68. The number of halogens is 1. The molecule has 1 unspecified atom stereocenters. The number of nitrogens with one attached hydrogen (secondary N) is 3. The van der Waals surface area contributed by atoms with E-state index in [-0.39, 0.29) is 35.9 Å². The molecule has 0 spiro atoms. The summed E-state index contributed by atoms with van der Waals surface area (Å²) in [5.74, 6) is 0.758. The molecule has 3 N–H and O–H groups in total. The number of aromatic nitrogens is 1. The first-order valence-corrected chi connectivity index (χ1v) is 11.1. The first-order chi connectivity index (χ1) is 13.9. The molecule has 1 atom stereocenters. The van der Waals surface area contributed by atoms with Crippen LogP contribution in [-0.4, -0.2) is 36.0 Å². The van der Waals surface area contributed by atoms with Gasteiger partial charge in [-0.15, -0.1) is 35.3 Å². The summed E-state index contributed by atoms with van der Waals surface area (Å²) < 4.78 is 0. The van der Waals surface area contributed by atoms with Gasteiger partial charge in [-0.2, -0.15) is 0 Å². The fourth-order valence-corrected chi connectivity index (χ4v) is 3.55. The van der Waals surface area contributed by atoms with Crippen molar-refractivity contribution in [3.8, 4) is 0 Å². The lowest BCUT2D eigenvalue weighted by molar-refractivity contribution is 0.0939. The summed E-state index contributed by atoms with van der Waals surface area (Å²) in [6.07, 6.45) is 1.80. The van der Waals surface area contributed by atoms with Gasteiger partial charge in [0.25, 0.3) is 5.91 Å². The Morgan fingerprint density at radius 1 is 1.17 bits per heavy atom. The molecule has 6 nitrogen and oxygen atoms in total. The molecule has 0 radical (unpaired) electrons. The van der Waals surface area contributed by atoms with Crippen molar-refractivity contribution >= 4 is 47.2 Å². The third-order valence-electron chi connectivity index (χ3n) is 4.67. The van der Waals surface area contributed by atoms with Gasteiger partial charge in [0.15, 0.2) is 5.96 Å². The number of carbonyl (C=O) groups is 1. The predicted octanol–water partition coefficient (Wildman–Crippen LogP) is 4.20. The number of benzene rings is 1. The van der Waals surface area contributed by atoms with Crippen molar-refractivity contribution in [3.05, 3.63) is 51.0 Å². The van der Waals surface area contributed by atoms with Crippen LogP contribution in [0.2, 0.25) is 0 Å². The van der Waals surface area contributed by atoms with Crippen LogP contribution in [0.3, 0.4) is 0 Å². The minimum Gasteiger partial charge on any atom is -0.357 e. The zero-order chi connectivity index (χ0) is 21.2. The Kier molecular flexibility index (Phi) is 11.9. The number of amides is 1. The van der Waals surface area contributed by atoms with Gasteiger partial charge in [0.05, 0.1) is 17.2 Å². The number of guanidine groups is 1. The van der Waals surface area contributed by atoms with E-state index in [9.17, 15) is 4.79 Å². The highest BCUT2D eigenvalue weighted by atomic mass is 127. The van der Waals surface area contributed by atoms with Crippen molar-refractivity contribution in [1.29, 1.82) is 0 Å². The zero-order valence-electron chi connectivity index (χ0n) is 18.5. The number of aliphatic imine (C=N–C) groups is 1. The summed E-state index contributed by atoms with van der Waals surface area (Å²) in [5, 5.41) is 10.8. The second kappa shape index (κ2) is 13.6. The van der Waals surface area contributed by atoms with Crippen LogP contribution in [-0.2, 0) is 13.0 Å². The number of thiazole rings is 1. The van der Waals surface area contributed by atoms with Crippen LogP contribution in [0.4, 0.5) is 0 Å². The van der Waals surface area contributed by atoms with E-state index in [0.717, 1.165) is 48.2 Å². The number of hydrogen-bond acceptors (Lipinski definition) is 4. The topological polar surface area (TPSA) is 78.4 Å². The largest absolute Gasteiger partial charge is 0.357 e. The third kappa shape index (κ3) is 8.59. The molecule has 0 aliphatic carbocycles. The smallest absolute Gasteiger partial charge is 0.251 e. The summed E-state index contributed by atoms with van der Waals surface area (Å²) in [6, 6.07) is 7.81.